The molecule has 1 aromatic carbocycles. The maximum atomic E-state index is 12.4. The van der Waals surface area contributed by atoms with Crippen LogP contribution in [0.2, 0.25) is 0 Å². The van der Waals surface area contributed by atoms with Crippen LogP contribution in [0.1, 0.15) is 16.9 Å². The minimum Gasteiger partial charge on any atom is -0.497 e. The van der Waals surface area contributed by atoms with Gasteiger partial charge in [-0.25, -0.2) is 4.68 Å². The monoisotopic (exact) mass is 303 g/mol. The number of anilines is 1. The predicted octanol–water partition coefficient (Wildman–Crippen LogP) is 1.94. The Morgan fingerprint density at radius 3 is 2.91 bits per heavy atom. The van der Waals surface area contributed by atoms with E-state index in [0.717, 1.165) is 13.0 Å². The van der Waals surface area contributed by atoms with Gasteiger partial charge in [-0.3, -0.25) is 4.79 Å². The van der Waals surface area contributed by atoms with Crippen LogP contribution in [0.5, 0.6) is 17.4 Å². The van der Waals surface area contributed by atoms with Crippen LogP contribution in [0.3, 0.4) is 0 Å². The minimum absolute atomic E-state index is 0.307. The summed E-state index contributed by atoms with van der Waals surface area (Å²) >= 11 is 0. The molecule has 0 fully saturated rings. The molecule has 1 amide bonds. The Kier molecular flexibility index (Phi) is 3.86. The summed E-state index contributed by atoms with van der Waals surface area (Å²) in [5, 5.41) is 7.04. The molecule has 1 aliphatic rings. The predicted molar refractivity (Wildman–Crippen MR) is 79.8 cm³/mol. The molecule has 1 aromatic heterocycles. The molecule has 2 heterocycles. The highest BCUT2D eigenvalue weighted by Crippen LogP contribution is 2.29. The van der Waals surface area contributed by atoms with Crippen LogP contribution < -0.4 is 19.5 Å². The molecule has 22 heavy (non-hydrogen) atoms. The topological polar surface area (TPSA) is 74.6 Å². The fraction of sp³-hybridized carbons (Fsp3) is 0.333. The van der Waals surface area contributed by atoms with Gasteiger partial charge in [0.2, 0.25) is 5.88 Å². The van der Waals surface area contributed by atoms with E-state index in [1.54, 1.807) is 43.2 Å². The molecule has 1 N–H and O–H groups in total. The summed E-state index contributed by atoms with van der Waals surface area (Å²) in [6, 6.07) is 6.83. The third-order valence-electron chi connectivity index (χ3n) is 3.39. The van der Waals surface area contributed by atoms with Crippen molar-refractivity contribution in [1.82, 2.24) is 9.78 Å². The molecule has 0 saturated carbocycles. The number of hydrogen-bond acceptors (Lipinski definition) is 5. The number of ether oxygens (including phenoxy) is 3. The lowest BCUT2D eigenvalue weighted by Gasteiger charge is -2.13. The van der Waals surface area contributed by atoms with Gasteiger partial charge < -0.3 is 19.5 Å². The Hall–Kier alpha value is -2.70. The Labute approximate surface area is 127 Å². The van der Waals surface area contributed by atoms with Crippen LogP contribution >= 0.6 is 0 Å². The zero-order valence-corrected chi connectivity index (χ0v) is 12.5. The highest BCUT2D eigenvalue weighted by atomic mass is 16.5. The van der Waals surface area contributed by atoms with Crippen molar-refractivity contribution >= 4 is 11.6 Å². The highest BCUT2D eigenvalue weighted by molar-refractivity contribution is 6.04. The summed E-state index contributed by atoms with van der Waals surface area (Å²) in [7, 11) is 3.11. The third kappa shape index (κ3) is 2.69. The number of nitrogens with one attached hydrogen (secondary N) is 1. The summed E-state index contributed by atoms with van der Waals surface area (Å²) in [5.74, 6) is 1.48. The van der Waals surface area contributed by atoms with Crippen molar-refractivity contribution in [3.63, 3.8) is 0 Å². The third-order valence-corrected chi connectivity index (χ3v) is 3.39. The van der Waals surface area contributed by atoms with E-state index >= 15 is 0 Å². The van der Waals surface area contributed by atoms with Crippen LogP contribution in [-0.4, -0.2) is 36.5 Å². The molecule has 7 heteroatoms. The van der Waals surface area contributed by atoms with Crippen molar-refractivity contribution < 1.29 is 19.0 Å². The molecule has 2 aromatic rings. The van der Waals surface area contributed by atoms with Crippen molar-refractivity contribution in [1.29, 1.82) is 0 Å². The molecule has 0 atom stereocenters. The van der Waals surface area contributed by atoms with Crippen LogP contribution in [-0.2, 0) is 6.54 Å². The van der Waals surface area contributed by atoms with Gasteiger partial charge in [0.1, 0.15) is 11.5 Å². The first-order valence-corrected chi connectivity index (χ1v) is 6.95. The Bertz CT molecular complexity index is 673. The van der Waals surface area contributed by atoms with Crippen molar-refractivity contribution in [2.75, 3.05) is 26.1 Å². The second kappa shape index (κ2) is 5.97. The maximum Gasteiger partial charge on any atom is 0.276 e. The van der Waals surface area contributed by atoms with Gasteiger partial charge in [-0.2, -0.15) is 5.10 Å². The number of methoxy groups -OCH3 is 2. The molecule has 0 spiro atoms. The molecule has 0 unspecified atom stereocenters. The molecule has 7 nitrogen and oxygen atoms in total. The normalized spacial score (nSPS) is 13.0. The van der Waals surface area contributed by atoms with Gasteiger partial charge in [0.15, 0.2) is 5.69 Å². The first kappa shape index (κ1) is 14.2. The van der Waals surface area contributed by atoms with Crippen molar-refractivity contribution in [3.8, 4) is 17.4 Å². The lowest BCUT2D eigenvalue weighted by Crippen LogP contribution is -2.16. The second-order valence-corrected chi connectivity index (χ2v) is 4.81. The van der Waals surface area contributed by atoms with E-state index in [9.17, 15) is 4.79 Å². The summed E-state index contributed by atoms with van der Waals surface area (Å²) in [6.45, 7) is 1.40. The highest BCUT2D eigenvalue weighted by Gasteiger charge is 2.19. The zero-order valence-electron chi connectivity index (χ0n) is 12.5. The standard InChI is InChI=1S/C15H17N3O4/c1-20-10-4-5-13(21-2)11(8-10)16-15(19)12-9-14-18(17-12)6-3-7-22-14/h4-5,8-9H,3,6-7H2,1-2H3,(H,16,19). The van der Waals surface area contributed by atoms with Crippen LogP contribution in [0, 0.1) is 0 Å². The Balaban J connectivity index is 1.83. The average Bonchev–Trinajstić information content (AvgIpc) is 2.99. The van der Waals surface area contributed by atoms with Gasteiger partial charge in [0.05, 0.1) is 26.5 Å². The summed E-state index contributed by atoms with van der Waals surface area (Å²) in [4.78, 5) is 12.4. The molecule has 0 aliphatic carbocycles. The summed E-state index contributed by atoms with van der Waals surface area (Å²) in [6.07, 6.45) is 0.888. The molecular weight excluding hydrogens is 286 g/mol. The van der Waals surface area contributed by atoms with E-state index in [0.29, 0.717) is 35.4 Å². The summed E-state index contributed by atoms with van der Waals surface area (Å²) in [5.41, 5.74) is 0.834. The molecule has 116 valence electrons. The first-order valence-electron chi connectivity index (χ1n) is 6.95. The number of hydrogen-bond donors (Lipinski definition) is 1. The van der Waals surface area contributed by atoms with Crippen molar-refractivity contribution in [2.24, 2.45) is 0 Å². The van der Waals surface area contributed by atoms with Gasteiger partial charge in [0.25, 0.3) is 5.91 Å². The van der Waals surface area contributed by atoms with E-state index in [-0.39, 0.29) is 5.91 Å². The molecular formula is C15H17N3O4. The number of rotatable bonds is 4. The van der Waals surface area contributed by atoms with Crippen molar-refractivity contribution in [3.05, 3.63) is 30.0 Å². The number of aromatic nitrogens is 2. The molecule has 0 radical (unpaired) electrons. The van der Waals surface area contributed by atoms with Crippen LogP contribution in [0.25, 0.3) is 0 Å². The lowest BCUT2D eigenvalue weighted by molar-refractivity contribution is 0.102. The zero-order chi connectivity index (χ0) is 15.5. The number of fused-ring (bicyclic) bond motifs is 1. The van der Waals surface area contributed by atoms with E-state index in [1.165, 1.54) is 0 Å². The number of amides is 1. The largest absolute Gasteiger partial charge is 0.497 e. The molecule has 0 bridgehead atoms. The SMILES string of the molecule is COc1ccc(OC)c(NC(=O)c2cc3n(n2)CCCO3)c1. The smallest absolute Gasteiger partial charge is 0.276 e. The Morgan fingerprint density at radius 1 is 1.32 bits per heavy atom. The van der Waals surface area contributed by atoms with Gasteiger partial charge in [-0.05, 0) is 12.1 Å². The van der Waals surface area contributed by atoms with Crippen molar-refractivity contribution in [2.45, 2.75) is 13.0 Å². The number of carbonyl (C=O) groups is 1. The average molecular weight is 303 g/mol. The van der Waals surface area contributed by atoms with Crippen LogP contribution in [0.15, 0.2) is 24.3 Å². The number of benzene rings is 1. The van der Waals surface area contributed by atoms with E-state index in [1.807, 2.05) is 0 Å². The Morgan fingerprint density at radius 2 is 2.18 bits per heavy atom. The molecule has 0 saturated heterocycles. The number of nitrogens with zero attached hydrogens (tertiary/aromatic N) is 2. The van der Waals surface area contributed by atoms with Crippen LogP contribution in [0.4, 0.5) is 5.69 Å². The van der Waals surface area contributed by atoms with E-state index in [4.69, 9.17) is 14.2 Å². The fourth-order valence-corrected chi connectivity index (χ4v) is 2.28. The van der Waals surface area contributed by atoms with Gasteiger partial charge in [-0.1, -0.05) is 0 Å². The first-order chi connectivity index (χ1) is 10.7. The van der Waals surface area contributed by atoms with E-state index in [2.05, 4.69) is 10.4 Å². The van der Waals surface area contributed by atoms with Gasteiger partial charge in [0, 0.05) is 25.1 Å². The minimum atomic E-state index is -0.322. The number of aryl methyl sites for hydroxylation is 1. The maximum absolute atomic E-state index is 12.4. The summed E-state index contributed by atoms with van der Waals surface area (Å²) < 4.78 is 17.6. The van der Waals surface area contributed by atoms with E-state index < -0.39 is 0 Å². The molecule has 3 rings (SSSR count). The number of carbonyl (C=O) groups excluding carboxylic acids is 1. The van der Waals surface area contributed by atoms with Gasteiger partial charge >= 0.3 is 0 Å². The lowest BCUT2D eigenvalue weighted by atomic mass is 10.2. The second-order valence-electron chi connectivity index (χ2n) is 4.81. The fourth-order valence-electron chi connectivity index (χ4n) is 2.28. The quantitative estimate of drug-likeness (QED) is 0.934. The van der Waals surface area contributed by atoms with Gasteiger partial charge in [-0.15, -0.1) is 0 Å². The molecule has 1 aliphatic heterocycles.